The van der Waals surface area contributed by atoms with Gasteiger partial charge in [0, 0.05) is 64.6 Å². The van der Waals surface area contributed by atoms with E-state index in [9.17, 15) is 21.0 Å². The predicted molar refractivity (Wildman–Crippen MR) is 159 cm³/mol. The Hall–Kier alpha value is -4.54. The van der Waals surface area contributed by atoms with Gasteiger partial charge in [0.25, 0.3) is 0 Å². The van der Waals surface area contributed by atoms with E-state index in [2.05, 4.69) is 48.5 Å². The van der Waals surface area contributed by atoms with E-state index in [-0.39, 0.29) is 0 Å². The lowest BCUT2D eigenvalue weighted by molar-refractivity contribution is 1.53. The molecule has 4 heterocycles. The minimum atomic E-state index is 0.623. The van der Waals surface area contributed by atoms with E-state index in [1.165, 1.54) is 45.3 Å². The summed E-state index contributed by atoms with van der Waals surface area (Å²) in [6.07, 6.45) is 0. The molecule has 172 valence electrons. The number of nitriles is 4. The van der Waals surface area contributed by atoms with Crippen LogP contribution in [0.2, 0.25) is 0 Å². The average molecular weight is 553 g/mol. The molecule has 0 saturated heterocycles. The van der Waals surface area contributed by atoms with Crippen molar-refractivity contribution in [3.05, 3.63) is 65.3 Å². The van der Waals surface area contributed by atoms with Gasteiger partial charge < -0.3 is 0 Å². The van der Waals surface area contributed by atoms with E-state index >= 15 is 0 Å². The van der Waals surface area contributed by atoms with Gasteiger partial charge in [-0.15, -0.1) is 45.3 Å². The highest BCUT2D eigenvalue weighted by atomic mass is 32.1. The van der Waals surface area contributed by atoms with Crippen LogP contribution in [0.3, 0.4) is 0 Å². The van der Waals surface area contributed by atoms with Crippen LogP contribution >= 0.6 is 45.3 Å². The van der Waals surface area contributed by atoms with E-state index in [1.807, 2.05) is 21.5 Å². The van der Waals surface area contributed by atoms with Crippen LogP contribution < -0.4 is 0 Å². The molecule has 0 fully saturated rings. The topological polar surface area (TPSA) is 95.2 Å². The van der Waals surface area contributed by atoms with Crippen molar-refractivity contribution in [2.24, 2.45) is 0 Å². The summed E-state index contributed by atoms with van der Waals surface area (Å²) >= 11 is 5.66. The standard InChI is InChI=1S/C30H8N4S4/c31-5-23-27-19(9-35-23)15-1-13-2-17-18(4-14(13)3-16(15)20-10-36-24(6-32)28(20)27)22-12-38-26(8-34)30(22)29-21(17)11-37-25(29)7-33/h1-4,9-12H. The first-order valence-electron chi connectivity index (χ1n) is 11.4. The van der Waals surface area contributed by atoms with Crippen LogP contribution in [-0.2, 0) is 0 Å². The van der Waals surface area contributed by atoms with Gasteiger partial charge in [0.2, 0.25) is 0 Å². The molecule has 0 unspecified atom stereocenters. The Morgan fingerprint density at radius 3 is 0.816 bits per heavy atom. The summed E-state index contributed by atoms with van der Waals surface area (Å²) in [5.41, 5.74) is 0. The second-order valence-electron chi connectivity index (χ2n) is 9.00. The molecule has 8 heteroatoms. The van der Waals surface area contributed by atoms with Crippen molar-refractivity contribution in [3.8, 4) is 24.3 Å². The molecule has 8 rings (SSSR count). The molecule has 38 heavy (non-hydrogen) atoms. The maximum absolute atomic E-state index is 9.82. The number of nitrogens with zero attached hydrogens (tertiary/aromatic N) is 4. The molecule has 0 amide bonds. The van der Waals surface area contributed by atoms with Gasteiger partial charge in [0.15, 0.2) is 0 Å². The van der Waals surface area contributed by atoms with Crippen LogP contribution in [-0.4, -0.2) is 0 Å². The summed E-state index contributed by atoms with van der Waals surface area (Å²) < 4.78 is 0. The lowest BCUT2D eigenvalue weighted by Gasteiger charge is -2.10. The van der Waals surface area contributed by atoms with E-state index in [0.29, 0.717) is 19.5 Å². The van der Waals surface area contributed by atoms with Gasteiger partial charge in [0.05, 0.1) is 0 Å². The van der Waals surface area contributed by atoms with Crippen molar-refractivity contribution < 1.29 is 0 Å². The number of benzene rings is 4. The first-order chi connectivity index (χ1) is 18.7. The molecule has 4 aromatic heterocycles. The van der Waals surface area contributed by atoms with Crippen LogP contribution in [0.15, 0.2) is 45.8 Å². The third kappa shape index (κ3) is 2.53. The molecular formula is C30H8N4S4. The number of hydrogen-bond acceptors (Lipinski definition) is 8. The SMILES string of the molecule is N#Cc1scc2c3cc4cc5c(cc4cc3c3csc(C#N)c3c12)c1csc(C#N)c1c1c(C#N)scc51. The minimum Gasteiger partial charge on any atom is -0.192 e. The molecule has 0 spiro atoms. The highest BCUT2D eigenvalue weighted by Gasteiger charge is 2.21. The Balaban J connectivity index is 1.61. The highest BCUT2D eigenvalue weighted by molar-refractivity contribution is 7.14. The Morgan fingerprint density at radius 1 is 0.368 bits per heavy atom. The fourth-order valence-corrected chi connectivity index (χ4v) is 9.24. The Kier molecular flexibility index (Phi) is 4.25. The third-order valence-corrected chi connectivity index (χ3v) is 10.9. The van der Waals surface area contributed by atoms with Gasteiger partial charge in [-0.25, -0.2) is 0 Å². The zero-order valence-corrected chi connectivity index (χ0v) is 22.3. The molecule has 4 aromatic carbocycles. The molecular weight excluding hydrogens is 545 g/mol. The molecule has 4 nitrogen and oxygen atoms in total. The van der Waals surface area contributed by atoms with E-state index in [4.69, 9.17) is 0 Å². The lowest BCUT2D eigenvalue weighted by atomic mass is 9.91. The number of rotatable bonds is 0. The normalized spacial score (nSPS) is 11.6. The minimum absolute atomic E-state index is 0.623. The van der Waals surface area contributed by atoms with Gasteiger partial charge in [-0.1, -0.05) is 0 Å². The summed E-state index contributed by atoms with van der Waals surface area (Å²) in [7, 11) is 0. The summed E-state index contributed by atoms with van der Waals surface area (Å²) in [4.78, 5) is 2.49. The molecule has 0 aliphatic carbocycles. The number of fused-ring (bicyclic) bond motifs is 13. The quantitative estimate of drug-likeness (QED) is 0.175. The van der Waals surface area contributed by atoms with Crippen molar-refractivity contribution in [3.63, 3.8) is 0 Å². The number of thiophene rings is 4. The van der Waals surface area contributed by atoms with Crippen molar-refractivity contribution in [2.45, 2.75) is 0 Å². The molecule has 8 aromatic rings. The molecule has 0 bridgehead atoms. The molecule has 0 atom stereocenters. The first-order valence-corrected chi connectivity index (χ1v) is 14.9. The van der Waals surface area contributed by atoms with Crippen LogP contribution in [0.25, 0.3) is 75.4 Å². The van der Waals surface area contributed by atoms with Gasteiger partial charge in [-0.05, 0) is 56.6 Å². The molecule has 0 N–H and O–H groups in total. The van der Waals surface area contributed by atoms with E-state index < -0.39 is 0 Å². The zero-order chi connectivity index (χ0) is 25.7. The Morgan fingerprint density at radius 2 is 0.605 bits per heavy atom. The molecule has 0 aliphatic heterocycles. The molecule has 0 saturated carbocycles. The van der Waals surface area contributed by atoms with Crippen LogP contribution in [0.1, 0.15) is 19.5 Å². The van der Waals surface area contributed by atoms with Crippen molar-refractivity contribution in [1.82, 2.24) is 0 Å². The second kappa shape index (κ2) is 7.50. The lowest BCUT2D eigenvalue weighted by Crippen LogP contribution is -1.85. The molecule has 0 radical (unpaired) electrons. The fourth-order valence-electron chi connectivity index (χ4n) is 5.79. The zero-order valence-electron chi connectivity index (χ0n) is 19.0. The van der Waals surface area contributed by atoms with Gasteiger partial charge in [0.1, 0.15) is 43.8 Å². The van der Waals surface area contributed by atoms with Crippen molar-refractivity contribution in [1.29, 1.82) is 21.0 Å². The maximum atomic E-state index is 9.82. The summed E-state index contributed by atoms with van der Waals surface area (Å²) in [5.74, 6) is 0. The average Bonchev–Trinajstić information content (AvgIpc) is 3.73. The predicted octanol–water partition coefficient (Wildman–Crippen LogP) is 9.49. The Bertz CT molecular complexity index is 2210. The third-order valence-electron chi connectivity index (χ3n) is 7.34. The first kappa shape index (κ1) is 21.5. The van der Waals surface area contributed by atoms with Crippen molar-refractivity contribution in [2.75, 3.05) is 0 Å². The van der Waals surface area contributed by atoms with E-state index in [1.54, 1.807) is 0 Å². The van der Waals surface area contributed by atoms with Crippen molar-refractivity contribution >= 4 is 121 Å². The van der Waals surface area contributed by atoms with Crippen LogP contribution in [0.4, 0.5) is 0 Å². The monoisotopic (exact) mass is 552 g/mol. The number of hydrogen-bond donors (Lipinski definition) is 0. The fraction of sp³-hybridized carbons (Fsp3) is 0. The largest absolute Gasteiger partial charge is 0.192 e. The second-order valence-corrected chi connectivity index (χ2v) is 12.5. The van der Waals surface area contributed by atoms with Gasteiger partial charge >= 0.3 is 0 Å². The Labute approximate surface area is 230 Å². The molecule has 0 aliphatic rings. The van der Waals surface area contributed by atoms with E-state index in [0.717, 1.165) is 75.4 Å². The van der Waals surface area contributed by atoms with Crippen LogP contribution in [0.5, 0.6) is 0 Å². The van der Waals surface area contributed by atoms with Crippen LogP contribution in [0, 0.1) is 45.3 Å². The smallest absolute Gasteiger partial charge is 0.113 e. The summed E-state index contributed by atoms with van der Waals surface area (Å²) in [6, 6.07) is 18.1. The maximum Gasteiger partial charge on any atom is 0.113 e. The highest BCUT2D eigenvalue weighted by Crippen LogP contribution is 2.47. The van der Waals surface area contributed by atoms with Gasteiger partial charge in [-0.2, -0.15) is 21.0 Å². The summed E-state index contributed by atoms with van der Waals surface area (Å²) in [5, 5.41) is 61.1. The summed E-state index contributed by atoms with van der Waals surface area (Å²) in [6.45, 7) is 0. The van der Waals surface area contributed by atoms with Gasteiger partial charge in [-0.3, -0.25) is 0 Å².